The van der Waals surface area contributed by atoms with Crippen molar-refractivity contribution in [3.63, 3.8) is 0 Å². The lowest BCUT2D eigenvalue weighted by atomic mass is 10.0. The molecule has 8 nitrogen and oxygen atoms in total. The van der Waals surface area contributed by atoms with Crippen LogP contribution in [0.2, 0.25) is 0 Å². The molecule has 3 atom stereocenters. The monoisotopic (exact) mass is 555 g/mol. The van der Waals surface area contributed by atoms with Crippen LogP contribution in [-0.4, -0.2) is 43.2 Å². The molecular formula is C31H29N3O5S. The second-order valence-electron chi connectivity index (χ2n) is 9.97. The summed E-state index contributed by atoms with van der Waals surface area (Å²) in [5.41, 5.74) is 4.46. The Morgan fingerprint density at radius 1 is 0.900 bits per heavy atom. The lowest BCUT2D eigenvalue weighted by Crippen LogP contribution is -2.31. The average molecular weight is 556 g/mol. The molecule has 0 aliphatic carbocycles. The number of hydrogen-bond donors (Lipinski definition) is 1. The molecule has 0 saturated carbocycles. The van der Waals surface area contributed by atoms with E-state index in [-0.39, 0.29) is 37.2 Å². The lowest BCUT2D eigenvalue weighted by molar-refractivity contribution is -0.245. The largest absolute Gasteiger partial charge is 0.392 e. The zero-order valence-electron chi connectivity index (χ0n) is 22.0. The van der Waals surface area contributed by atoms with Gasteiger partial charge in [-0.3, -0.25) is 14.5 Å². The number of carbonyl (C=O) groups is 2. The van der Waals surface area contributed by atoms with Crippen LogP contribution in [0.1, 0.15) is 61.8 Å². The fourth-order valence-electron chi connectivity index (χ4n) is 5.03. The molecule has 40 heavy (non-hydrogen) atoms. The predicted molar refractivity (Wildman–Crippen MR) is 149 cm³/mol. The number of aryl methyl sites for hydroxylation is 1. The number of imidazole rings is 1. The molecule has 1 fully saturated rings. The van der Waals surface area contributed by atoms with Gasteiger partial charge in [-0.05, 0) is 28.8 Å². The number of aliphatic hydroxyl groups is 1. The number of thioether (sulfide) groups is 1. The Kier molecular flexibility index (Phi) is 7.53. The molecule has 2 amide bonds. The molecule has 0 unspecified atom stereocenters. The van der Waals surface area contributed by atoms with Crippen molar-refractivity contribution in [3.8, 4) is 0 Å². The Labute approximate surface area is 236 Å². The maximum absolute atomic E-state index is 12.8. The highest BCUT2D eigenvalue weighted by molar-refractivity contribution is 7.99. The van der Waals surface area contributed by atoms with E-state index in [9.17, 15) is 14.7 Å². The summed E-state index contributed by atoms with van der Waals surface area (Å²) in [4.78, 5) is 31.3. The molecule has 0 bridgehead atoms. The molecule has 204 valence electrons. The van der Waals surface area contributed by atoms with Gasteiger partial charge in [-0.2, -0.15) is 0 Å². The van der Waals surface area contributed by atoms with Crippen molar-refractivity contribution in [1.29, 1.82) is 0 Å². The third-order valence-electron chi connectivity index (χ3n) is 7.26. The van der Waals surface area contributed by atoms with Gasteiger partial charge >= 0.3 is 0 Å². The summed E-state index contributed by atoms with van der Waals surface area (Å²) in [6.07, 6.45) is 3.54. The molecule has 1 aromatic heterocycles. The van der Waals surface area contributed by atoms with Crippen LogP contribution in [-0.2, 0) is 29.7 Å². The van der Waals surface area contributed by atoms with Crippen LogP contribution in [0, 0.1) is 0 Å². The van der Waals surface area contributed by atoms with E-state index in [0.717, 1.165) is 27.4 Å². The van der Waals surface area contributed by atoms with Crippen molar-refractivity contribution < 1.29 is 24.2 Å². The van der Waals surface area contributed by atoms with Crippen molar-refractivity contribution in [1.82, 2.24) is 14.5 Å². The normalized spacial score (nSPS) is 20.6. The Hall–Kier alpha value is -3.76. The highest BCUT2D eigenvalue weighted by Gasteiger charge is 2.35. The van der Waals surface area contributed by atoms with Gasteiger partial charge in [-0.25, -0.2) is 4.98 Å². The Balaban J connectivity index is 1.18. The molecule has 0 spiro atoms. The van der Waals surface area contributed by atoms with Crippen molar-refractivity contribution >= 4 is 23.6 Å². The SMILES string of the molecule is Cn1ccnc1SC[C@@H]1C[C@H](c2ccc(CO)cc2)O[C@H](c2ccc(CN3C(=O)c4ccccc4C3=O)cc2)O1. The first kappa shape index (κ1) is 26.5. The molecule has 9 heteroatoms. The molecule has 0 radical (unpaired) electrons. The first-order chi connectivity index (χ1) is 19.5. The average Bonchev–Trinajstić information content (AvgIpc) is 3.52. The summed E-state index contributed by atoms with van der Waals surface area (Å²) in [7, 11) is 1.97. The van der Waals surface area contributed by atoms with E-state index in [1.54, 1.807) is 42.2 Å². The van der Waals surface area contributed by atoms with Crippen LogP contribution in [0.3, 0.4) is 0 Å². The molecule has 1 saturated heterocycles. The molecule has 6 rings (SSSR count). The molecule has 4 aromatic rings. The number of nitrogens with zero attached hydrogens (tertiary/aromatic N) is 3. The Morgan fingerprint density at radius 3 is 2.17 bits per heavy atom. The third kappa shape index (κ3) is 5.33. The highest BCUT2D eigenvalue weighted by Crippen LogP contribution is 2.39. The minimum Gasteiger partial charge on any atom is -0.392 e. The zero-order chi connectivity index (χ0) is 27.6. The summed E-state index contributed by atoms with van der Waals surface area (Å²) < 4.78 is 14.8. The maximum Gasteiger partial charge on any atom is 0.261 e. The fourth-order valence-corrected chi connectivity index (χ4v) is 5.98. The van der Waals surface area contributed by atoms with Crippen LogP contribution in [0.4, 0.5) is 0 Å². The number of amides is 2. The van der Waals surface area contributed by atoms with E-state index in [1.165, 1.54) is 4.90 Å². The zero-order valence-corrected chi connectivity index (χ0v) is 22.8. The topological polar surface area (TPSA) is 93.9 Å². The van der Waals surface area contributed by atoms with Crippen LogP contribution in [0.5, 0.6) is 0 Å². The van der Waals surface area contributed by atoms with Crippen LogP contribution < -0.4 is 0 Å². The van der Waals surface area contributed by atoms with Gasteiger partial charge in [0.05, 0.1) is 36.5 Å². The molecule has 2 aliphatic heterocycles. The van der Waals surface area contributed by atoms with Crippen molar-refractivity contribution in [2.45, 2.75) is 43.2 Å². The third-order valence-corrected chi connectivity index (χ3v) is 8.45. The van der Waals surface area contributed by atoms with E-state index in [2.05, 4.69) is 4.98 Å². The smallest absolute Gasteiger partial charge is 0.261 e. The van der Waals surface area contributed by atoms with Gasteiger partial charge in [0.25, 0.3) is 11.8 Å². The van der Waals surface area contributed by atoms with Crippen LogP contribution in [0.15, 0.2) is 90.3 Å². The maximum atomic E-state index is 12.8. The molecule has 3 aromatic carbocycles. The Morgan fingerprint density at radius 2 is 1.55 bits per heavy atom. The minimum absolute atomic E-state index is 0.00642. The van der Waals surface area contributed by atoms with Crippen LogP contribution in [0.25, 0.3) is 0 Å². The van der Waals surface area contributed by atoms with Crippen molar-refractivity contribution in [2.75, 3.05) is 5.75 Å². The van der Waals surface area contributed by atoms with E-state index in [4.69, 9.17) is 9.47 Å². The van der Waals surface area contributed by atoms with E-state index in [0.29, 0.717) is 23.3 Å². The van der Waals surface area contributed by atoms with Crippen molar-refractivity contribution in [3.05, 3.63) is 119 Å². The summed E-state index contributed by atoms with van der Waals surface area (Å²) in [6, 6.07) is 22.4. The number of hydrogen-bond acceptors (Lipinski definition) is 7. The number of fused-ring (bicyclic) bond motifs is 1. The van der Waals surface area contributed by atoms with Crippen molar-refractivity contribution in [2.24, 2.45) is 7.05 Å². The van der Waals surface area contributed by atoms with Gasteiger partial charge in [-0.1, -0.05) is 72.4 Å². The van der Waals surface area contributed by atoms with E-state index < -0.39 is 6.29 Å². The van der Waals surface area contributed by atoms with Gasteiger partial charge in [0.15, 0.2) is 11.4 Å². The van der Waals surface area contributed by atoms with Gasteiger partial charge in [0.2, 0.25) is 0 Å². The number of aliphatic hydroxyl groups excluding tert-OH is 1. The minimum atomic E-state index is -0.586. The van der Waals surface area contributed by atoms with Gasteiger partial charge in [0, 0.05) is 37.2 Å². The standard InChI is InChI=1S/C31H29N3O5S/c1-33-15-14-32-31(33)40-19-24-16-27(22-10-8-21(18-35)9-11-22)39-30(38-24)23-12-6-20(7-13-23)17-34-28(36)25-4-2-3-5-26(25)29(34)37/h2-15,24,27,30,35H,16-19H2,1H3/t24-,27+,30+/m0/s1. The summed E-state index contributed by atoms with van der Waals surface area (Å²) >= 11 is 1.65. The molecule has 2 aliphatic rings. The van der Waals surface area contributed by atoms with Crippen LogP contribution >= 0.6 is 11.8 Å². The second kappa shape index (κ2) is 11.4. The van der Waals surface area contributed by atoms with Gasteiger partial charge < -0.3 is 19.1 Å². The van der Waals surface area contributed by atoms with Gasteiger partial charge in [0.1, 0.15) is 0 Å². The fraction of sp³-hybridized carbons (Fsp3) is 0.258. The molecular weight excluding hydrogens is 526 g/mol. The number of imide groups is 1. The lowest BCUT2D eigenvalue weighted by Gasteiger charge is -2.36. The summed E-state index contributed by atoms with van der Waals surface area (Å²) in [5, 5.41) is 10.4. The van der Waals surface area contributed by atoms with E-state index >= 15 is 0 Å². The summed E-state index contributed by atoms with van der Waals surface area (Å²) in [5.74, 6) is 0.173. The number of aromatic nitrogens is 2. The summed E-state index contributed by atoms with van der Waals surface area (Å²) in [6.45, 7) is 0.190. The van der Waals surface area contributed by atoms with E-state index in [1.807, 2.05) is 66.3 Å². The quantitative estimate of drug-likeness (QED) is 0.240. The van der Waals surface area contributed by atoms with Gasteiger partial charge in [-0.15, -0.1) is 0 Å². The molecule has 3 heterocycles. The first-order valence-corrected chi connectivity index (χ1v) is 14.1. The highest BCUT2D eigenvalue weighted by atomic mass is 32.2. The molecule has 1 N–H and O–H groups in total. The number of ether oxygens (including phenoxy) is 2. The second-order valence-corrected chi connectivity index (χ2v) is 11.0. The number of rotatable bonds is 8. The number of carbonyl (C=O) groups excluding carboxylic acids is 2. The predicted octanol–water partition coefficient (Wildman–Crippen LogP) is 5.05. The number of benzene rings is 3. The first-order valence-electron chi connectivity index (χ1n) is 13.1. The Bertz CT molecular complexity index is 1480.